The quantitative estimate of drug-likeness (QED) is 0.610. The third-order valence-corrected chi connectivity index (χ3v) is 5.15. The number of nitrogens with one attached hydrogen (secondary N) is 1. The maximum absolute atomic E-state index is 13.3. The van der Waals surface area contributed by atoms with Gasteiger partial charge in [0.25, 0.3) is 0 Å². The highest BCUT2D eigenvalue weighted by atomic mass is 19.1. The summed E-state index contributed by atoms with van der Waals surface area (Å²) in [6.07, 6.45) is 2.85. The molecule has 27 heavy (non-hydrogen) atoms. The molecule has 0 bridgehead atoms. The maximum Gasteiger partial charge on any atom is 0.135 e. The molecule has 3 heterocycles. The largest absolute Gasteiger partial charge is 0.373 e. The number of anilines is 1. The molecule has 0 saturated carbocycles. The molecule has 0 aliphatic heterocycles. The molecule has 0 saturated heterocycles. The maximum atomic E-state index is 13.3. The Morgan fingerprint density at radius 3 is 2.52 bits per heavy atom. The van der Waals surface area contributed by atoms with E-state index >= 15 is 0 Å². The van der Waals surface area contributed by atoms with Crippen LogP contribution in [0.2, 0.25) is 0 Å². The lowest BCUT2D eigenvalue weighted by Crippen LogP contribution is -2.06. The molecule has 4 nitrogen and oxygen atoms in total. The Labute approximate surface area is 160 Å². The van der Waals surface area contributed by atoms with Crippen molar-refractivity contribution >= 4 is 16.9 Å². The third kappa shape index (κ3) is 3.43. The summed E-state index contributed by atoms with van der Waals surface area (Å²) >= 11 is 0. The van der Waals surface area contributed by atoms with Gasteiger partial charge < -0.3 is 9.88 Å². The van der Waals surface area contributed by atoms with Crippen molar-refractivity contribution < 1.29 is 4.39 Å². The zero-order valence-electron chi connectivity index (χ0n) is 17.1. The van der Waals surface area contributed by atoms with Crippen molar-refractivity contribution in [3.63, 3.8) is 0 Å². The van der Waals surface area contributed by atoms with Gasteiger partial charge in [0.2, 0.25) is 0 Å². The van der Waals surface area contributed by atoms with Crippen LogP contribution in [0.25, 0.3) is 22.3 Å². The first-order valence-electron chi connectivity index (χ1n) is 9.67. The van der Waals surface area contributed by atoms with Crippen LogP contribution in [0.15, 0.2) is 24.4 Å². The van der Waals surface area contributed by atoms with Crippen molar-refractivity contribution in [3.05, 3.63) is 41.2 Å². The zero-order chi connectivity index (χ0) is 19.7. The van der Waals surface area contributed by atoms with Crippen LogP contribution >= 0.6 is 0 Å². The second-order valence-electron chi connectivity index (χ2n) is 7.48. The number of fused-ring (bicyclic) bond motifs is 1. The summed E-state index contributed by atoms with van der Waals surface area (Å²) < 4.78 is 15.3. The summed E-state index contributed by atoms with van der Waals surface area (Å²) in [4.78, 5) is 9.80. The second-order valence-corrected chi connectivity index (χ2v) is 7.48. The molecular weight excluding hydrogens is 339 g/mol. The standard InChI is InChI=1S/C22H29FN4/c1-7-16-10-19-20(14(4)12-27(19)15(5)11-23)26-21(16)17-8-9-18(13(2)3)25-22(17)24-6/h8-10,12-13,15H,7,11H2,1-6H3,(H,24,25)/t15-/m0/s1. The van der Waals surface area contributed by atoms with E-state index in [9.17, 15) is 4.39 Å². The fourth-order valence-corrected chi connectivity index (χ4v) is 3.49. The summed E-state index contributed by atoms with van der Waals surface area (Å²) in [6.45, 7) is 9.94. The topological polar surface area (TPSA) is 42.7 Å². The molecule has 144 valence electrons. The smallest absolute Gasteiger partial charge is 0.135 e. The van der Waals surface area contributed by atoms with E-state index in [0.29, 0.717) is 5.92 Å². The highest BCUT2D eigenvalue weighted by Crippen LogP contribution is 2.34. The van der Waals surface area contributed by atoms with Crippen LogP contribution in [0.4, 0.5) is 10.2 Å². The summed E-state index contributed by atoms with van der Waals surface area (Å²) in [7, 11) is 1.89. The van der Waals surface area contributed by atoms with Gasteiger partial charge in [0.05, 0.1) is 22.8 Å². The Morgan fingerprint density at radius 2 is 1.93 bits per heavy atom. The minimum Gasteiger partial charge on any atom is -0.373 e. The van der Waals surface area contributed by atoms with Gasteiger partial charge >= 0.3 is 0 Å². The number of pyridine rings is 2. The van der Waals surface area contributed by atoms with Gasteiger partial charge in [-0.05, 0) is 55.5 Å². The number of alkyl halides is 1. The number of halogens is 1. The highest BCUT2D eigenvalue weighted by molar-refractivity contribution is 5.86. The summed E-state index contributed by atoms with van der Waals surface area (Å²) in [5.74, 6) is 1.21. The van der Waals surface area contributed by atoms with E-state index in [2.05, 4.69) is 44.3 Å². The molecule has 0 unspecified atom stereocenters. The fraction of sp³-hybridized carbons (Fsp3) is 0.455. The molecule has 1 N–H and O–H groups in total. The number of aryl methyl sites for hydroxylation is 2. The minimum atomic E-state index is -0.392. The third-order valence-electron chi connectivity index (χ3n) is 5.15. The van der Waals surface area contributed by atoms with Gasteiger partial charge in [0, 0.05) is 24.5 Å². The van der Waals surface area contributed by atoms with Crippen LogP contribution in [0.5, 0.6) is 0 Å². The predicted octanol–water partition coefficient (Wildman–Crippen LogP) is 5.66. The first-order chi connectivity index (χ1) is 12.9. The summed E-state index contributed by atoms with van der Waals surface area (Å²) in [5.41, 5.74) is 7.14. The minimum absolute atomic E-state index is 0.196. The molecule has 0 radical (unpaired) electrons. The molecule has 0 aromatic carbocycles. The highest BCUT2D eigenvalue weighted by Gasteiger charge is 2.18. The van der Waals surface area contributed by atoms with E-state index in [1.54, 1.807) is 0 Å². The average Bonchev–Trinajstić information content (AvgIpc) is 3.01. The van der Waals surface area contributed by atoms with Gasteiger partial charge in [-0.3, -0.25) is 0 Å². The first-order valence-corrected chi connectivity index (χ1v) is 9.67. The lowest BCUT2D eigenvalue weighted by atomic mass is 10.0. The van der Waals surface area contributed by atoms with E-state index in [1.807, 2.05) is 31.7 Å². The molecule has 0 fully saturated rings. The van der Waals surface area contributed by atoms with Crippen LogP contribution in [-0.2, 0) is 6.42 Å². The predicted molar refractivity (Wildman–Crippen MR) is 111 cm³/mol. The molecule has 3 rings (SSSR count). The number of nitrogens with zero attached hydrogens (tertiary/aromatic N) is 3. The Bertz CT molecular complexity index is 959. The van der Waals surface area contributed by atoms with Crippen LogP contribution in [0.3, 0.4) is 0 Å². The van der Waals surface area contributed by atoms with Crippen LogP contribution in [0.1, 0.15) is 56.5 Å². The van der Waals surface area contributed by atoms with Gasteiger partial charge in [-0.15, -0.1) is 0 Å². The van der Waals surface area contributed by atoms with E-state index in [1.165, 1.54) is 0 Å². The van der Waals surface area contributed by atoms with Crippen molar-refractivity contribution in [2.45, 2.75) is 53.0 Å². The van der Waals surface area contributed by atoms with Crippen molar-refractivity contribution in [1.29, 1.82) is 0 Å². The lowest BCUT2D eigenvalue weighted by molar-refractivity contribution is 0.383. The number of hydrogen-bond acceptors (Lipinski definition) is 3. The molecule has 0 amide bonds. The van der Waals surface area contributed by atoms with E-state index in [4.69, 9.17) is 9.97 Å². The molecule has 5 heteroatoms. The van der Waals surface area contributed by atoms with Gasteiger partial charge in [-0.2, -0.15) is 0 Å². The Kier molecular flexibility index (Phi) is 5.49. The van der Waals surface area contributed by atoms with Crippen LogP contribution in [0, 0.1) is 6.92 Å². The molecular formula is C22H29FN4. The zero-order valence-corrected chi connectivity index (χ0v) is 17.1. The Morgan fingerprint density at radius 1 is 1.19 bits per heavy atom. The fourth-order valence-electron chi connectivity index (χ4n) is 3.49. The lowest BCUT2D eigenvalue weighted by Gasteiger charge is -2.16. The van der Waals surface area contributed by atoms with Crippen LogP contribution < -0.4 is 5.32 Å². The van der Waals surface area contributed by atoms with Gasteiger partial charge in [-0.25, -0.2) is 14.4 Å². The first kappa shape index (κ1) is 19.3. The van der Waals surface area contributed by atoms with Gasteiger partial charge in [0.15, 0.2) is 0 Å². The molecule has 3 aromatic rings. The second kappa shape index (κ2) is 7.67. The number of hydrogen-bond donors (Lipinski definition) is 1. The molecule has 1 atom stereocenters. The summed E-state index contributed by atoms with van der Waals surface area (Å²) in [5, 5.41) is 3.23. The van der Waals surface area contributed by atoms with Crippen molar-refractivity contribution in [3.8, 4) is 11.3 Å². The summed E-state index contributed by atoms with van der Waals surface area (Å²) in [6, 6.07) is 6.15. The number of aromatic nitrogens is 3. The Balaban J connectivity index is 2.25. The Hall–Kier alpha value is -2.43. The van der Waals surface area contributed by atoms with E-state index < -0.39 is 6.67 Å². The van der Waals surface area contributed by atoms with Gasteiger partial charge in [0.1, 0.15) is 12.5 Å². The molecule has 0 aliphatic rings. The molecule has 0 spiro atoms. The van der Waals surface area contributed by atoms with E-state index in [-0.39, 0.29) is 6.04 Å². The van der Waals surface area contributed by atoms with E-state index in [0.717, 1.165) is 51.4 Å². The van der Waals surface area contributed by atoms with Crippen molar-refractivity contribution in [1.82, 2.24) is 14.5 Å². The number of rotatable bonds is 6. The van der Waals surface area contributed by atoms with Crippen molar-refractivity contribution in [2.75, 3.05) is 19.0 Å². The van der Waals surface area contributed by atoms with Crippen LogP contribution in [-0.4, -0.2) is 28.3 Å². The molecule has 0 aliphatic carbocycles. The molecule has 3 aromatic heterocycles. The van der Waals surface area contributed by atoms with Gasteiger partial charge in [-0.1, -0.05) is 20.8 Å². The monoisotopic (exact) mass is 368 g/mol. The average molecular weight is 369 g/mol. The SMILES string of the molecule is CCc1cc2c(nc1-c1ccc(C(C)C)nc1NC)c(C)cn2[C@@H](C)CF. The normalized spacial score (nSPS) is 12.7. The van der Waals surface area contributed by atoms with Crippen molar-refractivity contribution in [2.24, 2.45) is 0 Å².